The van der Waals surface area contributed by atoms with E-state index in [1.165, 1.54) is 68.4 Å². The molecule has 3 aliphatic heterocycles. The Bertz CT molecular complexity index is 970. The number of ether oxygens (including phenoxy) is 1. The lowest BCUT2D eigenvalue weighted by atomic mass is 9.68. The number of rotatable bonds is 5. The molecular formula is C29H39N3O. The fourth-order valence-electron chi connectivity index (χ4n) is 7.43. The van der Waals surface area contributed by atoms with E-state index in [2.05, 4.69) is 47.5 Å². The molecule has 1 saturated carbocycles. The smallest absolute Gasteiger partial charge is 0.0691 e. The van der Waals surface area contributed by atoms with Crippen LogP contribution in [0.5, 0.6) is 0 Å². The minimum Gasteiger partial charge on any atom is -0.375 e. The summed E-state index contributed by atoms with van der Waals surface area (Å²) < 4.78 is 6.45. The molecule has 0 amide bonds. The molecule has 1 aromatic carbocycles. The number of pyridine rings is 1. The molecule has 1 aromatic heterocycles. The van der Waals surface area contributed by atoms with Crippen molar-refractivity contribution < 1.29 is 4.74 Å². The molecule has 4 aliphatic rings. The van der Waals surface area contributed by atoms with E-state index in [0.717, 1.165) is 32.4 Å². The van der Waals surface area contributed by atoms with Gasteiger partial charge in [-0.25, -0.2) is 0 Å². The van der Waals surface area contributed by atoms with E-state index in [9.17, 15) is 0 Å². The van der Waals surface area contributed by atoms with E-state index in [1.54, 1.807) is 5.56 Å². The highest BCUT2D eigenvalue weighted by atomic mass is 16.5. The first-order valence-electron chi connectivity index (χ1n) is 13.4. The number of para-hydroxylation sites is 1. The Morgan fingerprint density at radius 2 is 2.00 bits per heavy atom. The van der Waals surface area contributed by atoms with Crippen molar-refractivity contribution in [2.24, 2.45) is 0 Å². The maximum atomic E-state index is 6.45. The second-order valence-electron chi connectivity index (χ2n) is 11.1. The van der Waals surface area contributed by atoms with Crippen LogP contribution >= 0.6 is 0 Å². The van der Waals surface area contributed by atoms with Gasteiger partial charge in [-0.15, -0.1) is 0 Å². The molecule has 4 nitrogen and oxygen atoms in total. The Morgan fingerprint density at radius 1 is 1.09 bits per heavy atom. The molecule has 33 heavy (non-hydrogen) atoms. The maximum absolute atomic E-state index is 6.45. The van der Waals surface area contributed by atoms with Crippen molar-refractivity contribution in [2.45, 2.75) is 94.2 Å². The molecule has 1 N–H and O–H groups in total. The van der Waals surface area contributed by atoms with Crippen LogP contribution in [0.2, 0.25) is 0 Å². The van der Waals surface area contributed by atoms with Gasteiger partial charge in [0.05, 0.1) is 5.60 Å². The van der Waals surface area contributed by atoms with Crippen molar-refractivity contribution >= 4 is 5.69 Å². The number of aryl methyl sites for hydroxylation is 1. The summed E-state index contributed by atoms with van der Waals surface area (Å²) in [6.45, 7) is 5.48. The Hall–Kier alpha value is -1.91. The summed E-state index contributed by atoms with van der Waals surface area (Å²) in [6, 6.07) is 14.6. The number of benzene rings is 1. The summed E-state index contributed by atoms with van der Waals surface area (Å²) in [5, 5.41) is 4.01. The lowest BCUT2D eigenvalue weighted by Crippen LogP contribution is -2.48. The molecule has 2 fully saturated rings. The summed E-state index contributed by atoms with van der Waals surface area (Å²) in [6.07, 6.45) is 14.1. The predicted octanol–water partition coefficient (Wildman–Crippen LogP) is 5.71. The quantitative estimate of drug-likeness (QED) is 0.640. The number of hydrogen-bond acceptors (Lipinski definition) is 4. The first-order valence-corrected chi connectivity index (χ1v) is 13.4. The summed E-state index contributed by atoms with van der Waals surface area (Å²) in [5.41, 5.74) is 6.11. The molecule has 176 valence electrons. The molecule has 1 aliphatic carbocycles. The van der Waals surface area contributed by atoms with E-state index < -0.39 is 0 Å². The summed E-state index contributed by atoms with van der Waals surface area (Å²) in [7, 11) is 0. The highest BCUT2D eigenvalue weighted by Crippen LogP contribution is 2.50. The predicted molar refractivity (Wildman–Crippen MR) is 134 cm³/mol. The van der Waals surface area contributed by atoms with Crippen LogP contribution < -0.4 is 10.2 Å². The second-order valence-corrected chi connectivity index (χ2v) is 11.1. The highest BCUT2D eigenvalue weighted by Gasteiger charge is 2.48. The average Bonchev–Trinajstić information content (AvgIpc) is 3.30. The Balaban J connectivity index is 1.22. The fraction of sp³-hybridized carbons (Fsp3) is 0.621. The topological polar surface area (TPSA) is 37.4 Å². The minimum absolute atomic E-state index is 0.0930. The highest BCUT2D eigenvalue weighted by molar-refractivity contribution is 5.64. The van der Waals surface area contributed by atoms with Gasteiger partial charge in [0.2, 0.25) is 0 Å². The molecule has 6 rings (SSSR count). The third-order valence-electron chi connectivity index (χ3n) is 9.20. The van der Waals surface area contributed by atoms with Crippen LogP contribution in [0.25, 0.3) is 0 Å². The number of hydrogen-bond donors (Lipinski definition) is 1. The Morgan fingerprint density at radius 3 is 2.85 bits per heavy atom. The number of nitrogens with zero attached hydrogens (tertiary/aromatic N) is 2. The van der Waals surface area contributed by atoms with E-state index >= 15 is 0 Å². The lowest BCUT2D eigenvalue weighted by molar-refractivity contribution is -0.104. The number of aromatic nitrogens is 1. The van der Waals surface area contributed by atoms with Crippen LogP contribution in [0.15, 0.2) is 42.6 Å². The van der Waals surface area contributed by atoms with Gasteiger partial charge in [-0.2, -0.15) is 0 Å². The van der Waals surface area contributed by atoms with Gasteiger partial charge < -0.3 is 15.0 Å². The van der Waals surface area contributed by atoms with Crippen molar-refractivity contribution in [3.8, 4) is 0 Å². The Kier molecular flexibility index (Phi) is 5.70. The van der Waals surface area contributed by atoms with Crippen LogP contribution in [-0.4, -0.2) is 36.3 Å². The van der Waals surface area contributed by atoms with E-state index in [4.69, 9.17) is 9.72 Å². The normalized spacial score (nSPS) is 30.4. The van der Waals surface area contributed by atoms with Crippen molar-refractivity contribution in [1.82, 2.24) is 10.3 Å². The molecule has 2 unspecified atom stereocenters. The summed E-state index contributed by atoms with van der Waals surface area (Å²) in [4.78, 5) is 7.56. The summed E-state index contributed by atoms with van der Waals surface area (Å²) >= 11 is 0. The van der Waals surface area contributed by atoms with E-state index in [1.807, 2.05) is 12.3 Å². The van der Waals surface area contributed by atoms with Crippen molar-refractivity contribution in [2.75, 3.05) is 24.6 Å². The van der Waals surface area contributed by atoms with Gasteiger partial charge in [-0.1, -0.05) is 37.1 Å². The van der Waals surface area contributed by atoms with Gasteiger partial charge in [0, 0.05) is 48.2 Å². The number of anilines is 1. The largest absolute Gasteiger partial charge is 0.375 e. The van der Waals surface area contributed by atoms with Crippen LogP contribution in [0.1, 0.15) is 87.6 Å². The van der Waals surface area contributed by atoms with Gasteiger partial charge in [0.1, 0.15) is 0 Å². The second kappa shape index (κ2) is 8.70. The van der Waals surface area contributed by atoms with Crippen LogP contribution in [-0.2, 0) is 16.6 Å². The SMILES string of the molecule is CC1CCc2cccc3c2N1CCC3NCC[C@@]1(c2ccccn2)CCOC2(CCCC2)C1. The number of nitrogens with one attached hydrogen (secondary N) is 1. The van der Waals surface area contributed by atoms with Gasteiger partial charge in [-0.05, 0) is 88.1 Å². The van der Waals surface area contributed by atoms with Gasteiger partial charge in [-0.3, -0.25) is 4.98 Å². The van der Waals surface area contributed by atoms with Crippen molar-refractivity contribution in [3.05, 3.63) is 59.4 Å². The van der Waals surface area contributed by atoms with E-state index in [0.29, 0.717) is 12.1 Å². The molecule has 3 atom stereocenters. The van der Waals surface area contributed by atoms with Crippen LogP contribution in [0.3, 0.4) is 0 Å². The first-order chi connectivity index (χ1) is 16.2. The van der Waals surface area contributed by atoms with E-state index in [-0.39, 0.29) is 11.0 Å². The van der Waals surface area contributed by atoms with Crippen LogP contribution in [0.4, 0.5) is 5.69 Å². The molecule has 2 aromatic rings. The van der Waals surface area contributed by atoms with Crippen molar-refractivity contribution in [1.29, 1.82) is 0 Å². The molecular weight excluding hydrogens is 406 g/mol. The third-order valence-corrected chi connectivity index (χ3v) is 9.20. The zero-order valence-electron chi connectivity index (χ0n) is 20.2. The molecule has 4 heterocycles. The fourth-order valence-corrected chi connectivity index (χ4v) is 7.43. The minimum atomic E-state index is 0.0930. The van der Waals surface area contributed by atoms with Gasteiger partial charge in [0.15, 0.2) is 0 Å². The molecule has 1 spiro atoms. The Labute approximate surface area is 199 Å². The molecule has 4 heteroatoms. The monoisotopic (exact) mass is 445 g/mol. The van der Waals surface area contributed by atoms with Gasteiger partial charge >= 0.3 is 0 Å². The van der Waals surface area contributed by atoms with Gasteiger partial charge in [0.25, 0.3) is 0 Å². The standard InChI is InChI=1S/C29H39N3O/c1-22-10-11-23-7-6-8-24-25(12-19-32(22)27(23)24)30-18-15-28(26-9-2-5-17-31-26)16-20-33-29(21-28)13-3-4-14-29/h2,5-9,17,22,25,30H,3-4,10-16,18-21H2,1H3/t22?,25?,28-/m1/s1. The zero-order chi connectivity index (χ0) is 22.3. The molecule has 0 radical (unpaired) electrons. The summed E-state index contributed by atoms with van der Waals surface area (Å²) in [5.74, 6) is 0. The first kappa shape index (κ1) is 21.6. The molecule has 0 bridgehead atoms. The van der Waals surface area contributed by atoms with Crippen molar-refractivity contribution in [3.63, 3.8) is 0 Å². The average molecular weight is 446 g/mol. The third kappa shape index (κ3) is 3.89. The molecule has 1 saturated heterocycles. The van der Waals surface area contributed by atoms with Crippen LogP contribution in [0, 0.1) is 0 Å². The maximum Gasteiger partial charge on any atom is 0.0691 e. The zero-order valence-corrected chi connectivity index (χ0v) is 20.2. The lowest BCUT2D eigenvalue weighted by Gasteiger charge is -2.47.